The minimum absolute atomic E-state index is 0.0246. The molecule has 0 saturated carbocycles. The third-order valence-corrected chi connectivity index (χ3v) is 2.62. The quantitative estimate of drug-likeness (QED) is 0.728. The molecule has 16 heavy (non-hydrogen) atoms. The number of phenols is 1. The van der Waals surface area contributed by atoms with E-state index in [0.29, 0.717) is 5.69 Å². The van der Waals surface area contributed by atoms with Gasteiger partial charge in [-0.2, -0.15) is 0 Å². The van der Waals surface area contributed by atoms with Gasteiger partial charge < -0.3 is 19.9 Å². The molecule has 1 fully saturated rings. The third-order valence-electron chi connectivity index (χ3n) is 2.62. The largest absolute Gasteiger partial charge is 0.550 e. The lowest BCUT2D eigenvalue weighted by molar-refractivity contribution is -0.310. The second-order valence-corrected chi connectivity index (χ2v) is 3.74. The predicted molar refractivity (Wildman–Crippen MR) is 53.6 cm³/mol. The highest BCUT2D eigenvalue weighted by atomic mass is 16.4. The molecule has 1 N–H and O–H groups in total. The van der Waals surface area contributed by atoms with Crippen molar-refractivity contribution in [1.29, 1.82) is 0 Å². The van der Waals surface area contributed by atoms with Crippen molar-refractivity contribution < 1.29 is 19.8 Å². The fourth-order valence-corrected chi connectivity index (χ4v) is 1.75. The van der Waals surface area contributed by atoms with Crippen LogP contribution in [0.3, 0.4) is 0 Å². The van der Waals surface area contributed by atoms with Crippen molar-refractivity contribution in [3.05, 3.63) is 24.3 Å². The minimum Gasteiger partial charge on any atom is -0.550 e. The number of aromatic hydroxyl groups is 1. The Kier molecular flexibility index (Phi) is 2.52. The molecule has 1 aliphatic rings. The summed E-state index contributed by atoms with van der Waals surface area (Å²) < 4.78 is 0. The van der Waals surface area contributed by atoms with Crippen LogP contribution in [0.2, 0.25) is 0 Å². The van der Waals surface area contributed by atoms with Gasteiger partial charge >= 0.3 is 0 Å². The highest BCUT2D eigenvalue weighted by molar-refractivity contribution is 5.98. The summed E-state index contributed by atoms with van der Waals surface area (Å²) in [5, 5.41) is 19.7. The van der Waals surface area contributed by atoms with Crippen LogP contribution in [0, 0.1) is 5.92 Å². The summed E-state index contributed by atoms with van der Waals surface area (Å²) in [7, 11) is 0. The summed E-state index contributed by atoms with van der Waals surface area (Å²) in [4.78, 5) is 23.6. The number of anilines is 1. The van der Waals surface area contributed by atoms with E-state index in [4.69, 9.17) is 5.11 Å². The van der Waals surface area contributed by atoms with Gasteiger partial charge in [0, 0.05) is 30.5 Å². The van der Waals surface area contributed by atoms with Crippen LogP contribution in [0.1, 0.15) is 6.42 Å². The van der Waals surface area contributed by atoms with E-state index in [-0.39, 0.29) is 24.6 Å². The van der Waals surface area contributed by atoms with E-state index in [9.17, 15) is 14.7 Å². The number of phenolic OH excluding ortho intramolecular Hbond substituents is 1. The van der Waals surface area contributed by atoms with Crippen molar-refractivity contribution in [2.24, 2.45) is 5.92 Å². The lowest BCUT2D eigenvalue weighted by atomic mass is 10.1. The second-order valence-electron chi connectivity index (χ2n) is 3.74. The first-order valence-corrected chi connectivity index (χ1v) is 4.88. The monoisotopic (exact) mass is 220 g/mol. The van der Waals surface area contributed by atoms with Gasteiger partial charge in [-0.15, -0.1) is 0 Å². The molecule has 1 amide bonds. The predicted octanol–water partition coefficient (Wildman–Crippen LogP) is -0.505. The number of nitrogens with zero attached hydrogens (tertiary/aromatic N) is 1. The van der Waals surface area contributed by atoms with Crippen LogP contribution in [0.25, 0.3) is 0 Å². The summed E-state index contributed by atoms with van der Waals surface area (Å²) in [5.74, 6) is -2.08. The number of carboxylic acid groups (broad SMARTS) is 1. The van der Waals surface area contributed by atoms with Gasteiger partial charge in [-0.25, -0.2) is 0 Å². The first-order valence-electron chi connectivity index (χ1n) is 4.88. The van der Waals surface area contributed by atoms with Crippen LogP contribution in [-0.2, 0) is 9.59 Å². The molecule has 0 aromatic heterocycles. The summed E-state index contributed by atoms with van der Waals surface area (Å²) in [6.45, 7) is 0.131. The lowest BCUT2D eigenvalue weighted by Crippen LogP contribution is -2.33. The maximum absolute atomic E-state index is 11.5. The van der Waals surface area contributed by atoms with Crippen LogP contribution in [0.15, 0.2) is 24.3 Å². The minimum atomic E-state index is -1.20. The molecule has 0 aliphatic carbocycles. The molecule has 0 radical (unpaired) electrons. The smallest absolute Gasteiger partial charge is 0.227 e. The van der Waals surface area contributed by atoms with Gasteiger partial charge in [0.1, 0.15) is 5.75 Å². The zero-order chi connectivity index (χ0) is 11.7. The number of rotatable bonds is 2. The van der Waals surface area contributed by atoms with Crippen molar-refractivity contribution in [2.75, 3.05) is 11.4 Å². The van der Waals surface area contributed by atoms with Crippen LogP contribution in [0.4, 0.5) is 5.69 Å². The first-order chi connectivity index (χ1) is 7.58. The SMILES string of the molecule is O=C([O-])[C@H]1CC(=O)N(c2ccc(O)cc2)C1. The molecule has 84 valence electrons. The van der Waals surface area contributed by atoms with Crippen molar-refractivity contribution in [2.45, 2.75) is 6.42 Å². The summed E-state index contributed by atoms with van der Waals surface area (Å²) in [6, 6.07) is 6.06. The van der Waals surface area contributed by atoms with Crippen molar-refractivity contribution in [3.8, 4) is 5.75 Å². The Labute approximate surface area is 91.9 Å². The summed E-state index contributed by atoms with van der Waals surface area (Å²) in [5.41, 5.74) is 0.589. The molecule has 1 saturated heterocycles. The van der Waals surface area contributed by atoms with E-state index in [1.54, 1.807) is 12.1 Å². The molecule has 2 rings (SSSR count). The highest BCUT2D eigenvalue weighted by Gasteiger charge is 2.31. The van der Waals surface area contributed by atoms with E-state index < -0.39 is 11.9 Å². The molecule has 1 heterocycles. The molecular formula is C11H10NO4-. The molecule has 5 nitrogen and oxygen atoms in total. The molecule has 1 aromatic carbocycles. The van der Waals surface area contributed by atoms with Crippen molar-refractivity contribution >= 4 is 17.6 Å². The fourth-order valence-electron chi connectivity index (χ4n) is 1.75. The Morgan fingerprint density at radius 3 is 2.50 bits per heavy atom. The van der Waals surface area contributed by atoms with Crippen molar-refractivity contribution in [1.82, 2.24) is 0 Å². The number of carboxylic acids is 1. The summed E-state index contributed by atoms with van der Waals surface area (Å²) >= 11 is 0. The first kappa shape index (κ1) is 10.5. The molecule has 1 atom stereocenters. The van der Waals surface area contributed by atoms with Crippen LogP contribution < -0.4 is 10.0 Å². The van der Waals surface area contributed by atoms with Gasteiger partial charge in [-0.3, -0.25) is 4.79 Å². The molecule has 0 unspecified atom stereocenters. The number of benzene rings is 1. The van der Waals surface area contributed by atoms with Gasteiger partial charge in [-0.1, -0.05) is 0 Å². The third kappa shape index (κ3) is 1.84. The average Bonchev–Trinajstić information content (AvgIpc) is 2.62. The Morgan fingerprint density at radius 2 is 2.00 bits per heavy atom. The number of amides is 1. The second kappa shape index (κ2) is 3.84. The number of aliphatic carboxylic acids is 1. The molecule has 5 heteroatoms. The van der Waals surface area contributed by atoms with Crippen LogP contribution in [0.5, 0.6) is 5.75 Å². The van der Waals surface area contributed by atoms with Crippen molar-refractivity contribution in [3.63, 3.8) is 0 Å². The standard InChI is InChI=1S/C11H11NO4/c13-9-3-1-8(2-4-9)12-6-7(11(15)16)5-10(12)14/h1-4,7,13H,5-6H2,(H,15,16)/p-1/t7-/m0/s1. The number of hydrogen-bond acceptors (Lipinski definition) is 4. The van der Waals surface area contributed by atoms with E-state index in [0.717, 1.165) is 0 Å². The highest BCUT2D eigenvalue weighted by Crippen LogP contribution is 2.26. The topological polar surface area (TPSA) is 80.7 Å². The zero-order valence-electron chi connectivity index (χ0n) is 8.42. The zero-order valence-corrected chi connectivity index (χ0v) is 8.42. The Bertz CT molecular complexity index is 426. The molecular weight excluding hydrogens is 210 g/mol. The molecule has 1 aliphatic heterocycles. The average molecular weight is 220 g/mol. The maximum Gasteiger partial charge on any atom is 0.227 e. The maximum atomic E-state index is 11.5. The van der Waals surface area contributed by atoms with Gasteiger partial charge in [0.15, 0.2) is 0 Å². The van der Waals surface area contributed by atoms with Gasteiger partial charge in [0.2, 0.25) is 5.91 Å². The van der Waals surface area contributed by atoms with E-state index >= 15 is 0 Å². The van der Waals surface area contributed by atoms with E-state index in [1.807, 2.05) is 0 Å². The Hall–Kier alpha value is -2.04. The molecule has 0 bridgehead atoms. The molecule has 0 spiro atoms. The van der Waals surface area contributed by atoms with Crippen LogP contribution in [-0.4, -0.2) is 23.5 Å². The lowest BCUT2D eigenvalue weighted by Gasteiger charge is -2.17. The summed E-state index contributed by atoms with van der Waals surface area (Å²) in [6.07, 6.45) is -0.0246. The number of hydrogen-bond donors (Lipinski definition) is 1. The Morgan fingerprint density at radius 1 is 1.38 bits per heavy atom. The van der Waals surface area contributed by atoms with Gasteiger partial charge in [0.25, 0.3) is 0 Å². The van der Waals surface area contributed by atoms with Gasteiger partial charge in [-0.05, 0) is 24.3 Å². The van der Waals surface area contributed by atoms with Gasteiger partial charge in [0.05, 0.1) is 0 Å². The van der Waals surface area contributed by atoms with E-state index in [1.165, 1.54) is 17.0 Å². The van der Waals surface area contributed by atoms with Crippen LogP contribution >= 0.6 is 0 Å². The normalized spacial score (nSPS) is 20.1. The Balaban J connectivity index is 2.20. The number of carbonyl (C=O) groups is 2. The number of carbonyl (C=O) groups excluding carboxylic acids is 2. The van der Waals surface area contributed by atoms with E-state index in [2.05, 4.69) is 0 Å². The fraction of sp³-hybridized carbons (Fsp3) is 0.273. The molecule has 1 aromatic rings.